The molecule has 5 nitrogen and oxygen atoms in total. The highest BCUT2D eigenvalue weighted by Crippen LogP contribution is 2.11. The second kappa shape index (κ2) is 7.03. The Balaban J connectivity index is 1.50. The van der Waals surface area contributed by atoms with Gasteiger partial charge in [0.15, 0.2) is 0 Å². The maximum atomic E-state index is 12.6. The predicted octanol–water partition coefficient (Wildman–Crippen LogP) is 3.93. The lowest BCUT2D eigenvalue weighted by molar-refractivity contribution is 0.0945. The zero-order valence-corrected chi connectivity index (χ0v) is 13.9. The van der Waals surface area contributed by atoms with E-state index in [9.17, 15) is 4.79 Å². The van der Waals surface area contributed by atoms with Gasteiger partial charge in [-0.05, 0) is 48.0 Å². The number of carbonyl (C=O) groups excluding carboxylic acids is 1. The van der Waals surface area contributed by atoms with Crippen LogP contribution in [0.3, 0.4) is 0 Å². The van der Waals surface area contributed by atoms with E-state index in [-0.39, 0.29) is 5.91 Å². The van der Waals surface area contributed by atoms with Gasteiger partial charge in [-0.1, -0.05) is 36.4 Å². The standard InChI is InChI=1S/C21H16N4O/c26-21(18-8-11-20(12-9-18)24-15-4-14-22-24)25-16-13-19(23-25)10-7-17-5-2-1-3-6-17/h1-16H/b10-7+. The summed E-state index contributed by atoms with van der Waals surface area (Å²) < 4.78 is 3.10. The largest absolute Gasteiger partial charge is 0.278 e. The molecule has 0 bridgehead atoms. The monoisotopic (exact) mass is 340 g/mol. The van der Waals surface area contributed by atoms with Gasteiger partial charge >= 0.3 is 0 Å². The first-order valence-corrected chi connectivity index (χ1v) is 8.23. The molecule has 126 valence electrons. The van der Waals surface area contributed by atoms with Crippen LogP contribution < -0.4 is 0 Å². The van der Waals surface area contributed by atoms with Gasteiger partial charge in [-0.3, -0.25) is 4.79 Å². The van der Waals surface area contributed by atoms with Crippen LogP contribution in [0.5, 0.6) is 0 Å². The van der Waals surface area contributed by atoms with Gasteiger partial charge in [0.25, 0.3) is 5.91 Å². The molecule has 0 amide bonds. The predicted molar refractivity (Wildman–Crippen MR) is 101 cm³/mol. The summed E-state index contributed by atoms with van der Waals surface area (Å²) in [5.41, 5.74) is 3.29. The Bertz CT molecular complexity index is 1030. The summed E-state index contributed by atoms with van der Waals surface area (Å²) in [5, 5.41) is 8.51. The molecular formula is C21H16N4O. The van der Waals surface area contributed by atoms with Gasteiger partial charge in [-0.2, -0.15) is 10.2 Å². The second-order valence-electron chi connectivity index (χ2n) is 5.73. The number of carbonyl (C=O) groups is 1. The first kappa shape index (κ1) is 15.8. The second-order valence-corrected chi connectivity index (χ2v) is 5.73. The number of rotatable bonds is 4. The lowest BCUT2D eigenvalue weighted by Gasteiger charge is -2.03. The number of hydrogen-bond acceptors (Lipinski definition) is 3. The number of aromatic nitrogens is 4. The van der Waals surface area contributed by atoms with Gasteiger partial charge in [-0.15, -0.1) is 0 Å². The number of nitrogens with zero attached hydrogens (tertiary/aromatic N) is 4. The van der Waals surface area contributed by atoms with E-state index in [0.29, 0.717) is 5.56 Å². The molecule has 2 heterocycles. The molecule has 0 aliphatic heterocycles. The van der Waals surface area contributed by atoms with E-state index in [2.05, 4.69) is 10.2 Å². The molecule has 2 aromatic carbocycles. The van der Waals surface area contributed by atoms with Gasteiger partial charge < -0.3 is 0 Å². The summed E-state index contributed by atoms with van der Waals surface area (Å²) in [6.07, 6.45) is 9.10. The van der Waals surface area contributed by atoms with E-state index in [1.165, 1.54) is 4.68 Å². The van der Waals surface area contributed by atoms with Crippen LogP contribution in [-0.4, -0.2) is 25.5 Å². The van der Waals surface area contributed by atoms with Crippen molar-refractivity contribution in [3.63, 3.8) is 0 Å². The summed E-state index contributed by atoms with van der Waals surface area (Å²) >= 11 is 0. The zero-order valence-electron chi connectivity index (χ0n) is 13.9. The Kier molecular flexibility index (Phi) is 4.26. The highest BCUT2D eigenvalue weighted by atomic mass is 16.2. The Hall–Kier alpha value is -3.73. The molecule has 26 heavy (non-hydrogen) atoms. The average molecular weight is 340 g/mol. The van der Waals surface area contributed by atoms with E-state index in [1.54, 1.807) is 29.2 Å². The van der Waals surface area contributed by atoms with Crippen molar-refractivity contribution in [2.75, 3.05) is 0 Å². The molecule has 0 spiro atoms. The lowest BCUT2D eigenvalue weighted by Crippen LogP contribution is -2.12. The topological polar surface area (TPSA) is 52.7 Å². The molecule has 0 N–H and O–H groups in total. The maximum Gasteiger partial charge on any atom is 0.278 e. The van der Waals surface area contributed by atoms with Crippen molar-refractivity contribution in [2.45, 2.75) is 0 Å². The molecule has 0 saturated heterocycles. The number of hydrogen-bond donors (Lipinski definition) is 0. The maximum absolute atomic E-state index is 12.6. The van der Waals surface area contributed by atoms with Crippen LogP contribution in [0.15, 0.2) is 85.3 Å². The third-order valence-corrected chi connectivity index (χ3v) is 3.95. The van der Waals surface area contributed by atoms with Gasteiger partial charge in [0, 0.05) is 24.2 Å². The summed E-state index contributed by atoms with van der Waals surface area (Å²) in [4.78, 5) is 12.6. The van der Waals surface area contributed by atoms with E-state index in [0.717, 1.165) is 16.9 Å². The molecular weight excluding hydrogens is 324 g/mol. The van der Waals surface area contributed by atoms with Crippen LogP contribution in [0.2, 0.25) is 0 Å². The van der Waals surface area contributed by atoms with Crippen LogP contribution in [0.4, 0.5) is 0 Å². The van der Waals surface area contributed by atoms with Crippen molar-refractivity contribution in [1.29, 1.82) is 0 Å². The first-order valence-electron chi connectivity index (χ1n) is 8.23. The average Bonchev–Trinajstić information content (AvgIpc) is 3.39. The molecule has 0 aliphatic rings. The lowest BCUT2D eigenvalue weighted by atomic mass is 10.2. The molecule has 0 saturated carbocycles. The molecule has 2 aromatic heterocycles. The Labute approximate surface area is 150 Å². The van der Waals surface area contributed by atoms with Gasteiger partial charge in [0.2, 0.25) is 0 Å². The SMILES string of the molecule is O=C(c1ccc(-n2cccn2)cc1)n1ccc(/C=C/c2ccccc2)n1. The van der Waals surface area contributed by atoms with Gasteiger partial charge in [-0.25, -0.2) is 9.36 Å². The van der Waals surface area contributed by atoms with Crippen molar-refractivity contribution in [3.05, 3.63) is 102 Å². The molecule has 5 heteroatoms. The Morgan fingerprint density at radius 1 is 0.846 bits per heavy atom. The fraction of sp³-hybridized carbons (Fsp3) is 0. The highest BCUT2D eigenvalue weighted by Gasteiger charge is 2.10. The van der Waals surface area contributed by atoms with Crippen LogP contribution >= 0.6 is 0 Å². The molecule has 0 fully saturated rings. The third kappa shape index (κ3) is 3.37. The Morgan fingerprint density at radius 2 is 1.65 bits per heavy atom. The molecule has 0 aliphatic carbocycles. The van der Waals surface area contributed by atoms with Crippen molar-refractivity contribution >= 4 is 18.1 Å². The summed E-state index contributed by atoms with van der Waals surface area (Å²) in [6, 6.07) is 20.9. The quantitative estimate of drug-likeness (QED) is 0.566. The first-order chi connectivity index (χ1) is 12.8. The van der Waals surface area contributed by atoms with Crippen molar-refractivity contribution < 1.29 is 4.79 Å². The molecule has 0 radical (unpaired) electrons. The molecule has 4 rings (SSSR count). The number of benzene rings is 2. The third-order valence-electron chi connectivity index (χ3n) is 3.95. The van der Waals surface area contributed by atoms with Crippen LogP contribution in [0.25, 0.3) is 17.8 Å². The minimum atomic E-state index is -0.170. The van der Waals surface area contributed by atoms with Gasteiger partial charge in [0.1, 0.15) is 0 Å². The highest BCUT2D eigenvalue weighted by molar-refractivity contribution is 5.95. The minimum Gasteiger partial charge on any atom is -0.267 e. The molecule has 0 atom stereocenters. The fourth-order valence-corrected chi connectivity index (χ4v) is 2.60. The molecule has 0 unspecified atom stereocenters. The van der Waals surface area contributed by atoms with Crippen LogP contribution in [-0.2, 0) is 0 Å². The van der Waals surface area contributed by atoms with Crippen LogP contribution in [0, 0.1) is 0 Å². The Morgan fingerprint density at radius 3 is 2.38 bits per heavy atom. The van der Waals surface area contributed by atoms with E-state index in [4.69, 9.17) is 0 Å². The van der Waals surface area contributed by atoms with E-state index in [1.807, 2.05) is 72.9 Å². The minimum absolute atomic E-state index is 0.170. The van der Waals surface area contributed by atoms with Crippen molar-refractivity contribution in [1.82, 2.24) is 19.6 Å². The smallest absolute Gasteiger partial charge is 0.267 e. The zero-order chi connectivity index (χ0) is 17.8. The van der Waals surface area contributed by atoms with E-state index < -0.39 is 0 Å². The fourth-order valence-electron chi connectivity index (χ4n) is 2.60. The van der Waals surface area contributed by atoms with Crippen molar-refractivity contribution in [3.8, 4) is 5.69 Å². The van der Waals surface area contributed by atoms with Crippen molar-refractivity contribution in [2.24, 2.45) is 0 Å². The van der Waals surface area contributed by atoms with E-state index >= 15 is 0 Å². The summed E-state index contributed by atoms with van der Waals surface area (Å²) in [5.74, 6) is -0.170. The van der Waals surface area contributed by atoms with Gasteiger partial charge in [0.05, 0.1) is 11.4 Å². The summed E-state index contributed by atoms with van der Waals surface area (Å²) in [6.45, 7) is 0. The summed E-state index contributed by atoms with van der Waals surface area (Å²) in [7, 11) is 0. The van der Waals surface area contributed by atoms with Crippen LogP contribution in [0.1, 0.15) is 21.6 Å². The normalized spacial score (nSPS) is 11.1. The molecule has 4 aromatic rings.